The number of pyridine rings is 1. The smallest absolute Gasteiger partial charge is 0.356 e. The number of methoxy groups -OCH3 is 1. The Morgan fingerprint density at radius 3 is 2.70 bits per heavy atom. The Hall–Kier alpha value is -3.43. The standard InChI is InChI=1S/C28H36N4O5/c1-18(15-28(2,3)35)30-21-14-22-23(31-26(33)20-11-13-37-17-20)24(27(34)36-4)32(25(22)29-16-21)12-10-19-8-6-5-7-9-19/h5-9,14,16,18,20,30,35H,10-13,15,17H2,1-4H3,(H,31,33)/t18-,20-/m1/s1. The van der Waals surface area contributed by atoms with Gasteiger partial charge in [0, 0.05) is 24.6 Å². The summed E-state index contributed by atoms with van der Waals surface area (Å²) >= 11 is 0. The van der Waals surface area contributed by atoms with Crippen LogP contribution in [0.15, 0.2) is 42.6 Å². The van der Waals surface area contributed by atoms with Crippen LogP contribution in [0.1, 0.15) is 49.7 Å². The lowest BCUT2D eigenvalue weighted by Gasteiger charge is -2.23. The number of fused-ring (bicyclic) bond motifs is 1. The molecule has 3 aromatic rings. The van der Waals surface area contributed by atoms with Crippen molar-refractivity contribution >= 4 is 34.3 Å². The van der Waals surface area contributed by atoms with E-state index in [-0.39, 0.29) is 23.6 Å². The number of esters is 1. The van der Waals surface area contributed by atoms with Crippen molar-refractivity contribution in [2.24, 2.45) is 5.92 Å². The van der Waals surface area contributed by atoms with Crippen molar-refractivity contribution in [3.63, 3.8) is 0 Å². The first-order valence-corrected chi connectivity index (χ1v) is 12.7. The van der Waals surface area contributed by atoms with Gasteiger partial charge in [0.2, 0.25) is 5.91 Å². The highest BCUT2D eigenvalue weighted by atomic mass is 16.5. The van der Waals surface area contributed by atoms with E-state index in [0.717, 1.165) is 11.3 Å². The van der Waals surface area contributed by atoms with Gasteiger partial charge in [0.05, 0.1) is 42.8 Å². The topological polar surface area (TPSA) is 115 Å². The van der Waals surface area contributed by atoms with E-state index in [1.807, 2.05) is 47.9 Å². The van der Waals surface area contributed by atoms with Crippen molar-refractivity contribution in [1.82, 2.24) is 9.55 Å². The Balaban J connectivity index is 1.76. The summed E-state index contributed by atoms with van der Waals surface area (Å²) in [5, 5.41) is 17.2. The summed E-state index contributed by atoms with van der Waals surface area (Å²) in [4.78, 5) is 30.9. The van der Waals surface area contributed by atoms with Gasteiger partial charge in [0.15, 0.2) is 5.69 Å². The van der Waals surface area contributed by atoms with Gasteiger partial charge in [-0.05, 0) is 51.7 Å². The van der Waals surface area contributed by atoms with E-state index in [2.05, 4.69) is 10.6 Å². The van der Waals surface area contributed by atoms with Crippen molar-refractivity contribution in [2.45, 2.75) is 58.2 Å². The summed E-state index contributed by atoms with van der Waals surface area (Å²) in [6.07, 6.45) is 3.54. The van der Waals surface area contributed by atoms with Crippen LogP contribution in [-0.4, -0.2) is 58.5 Å². The van der Waals surface area contributed by atoms with Crippen LogP contribution >= 0.6 is 0 Å². The maximum atomic E-state index is 13.1. The van der Waals surface area contributed by atoms with Crippen molar-refractivity contribution < 1.29 is 24.2 Å². The molecule has 2 aromatic heterocycles. The number of benzene rings is 1. The van der Waals surface area contributed by atoms with Gasteiger partial charge in [-0.25, -0.2) is 9.78 Å². The predicted octanol–water partition coefficient (Wildman–Crippen LogP) is 4.00. The highest BCUT2D eigenvalue weighted by molar-refractivity contribution is 6.11. The number of aromatic nitrogens is 2. The van der Waals surface area contributed by atoms with Gasteiger partial charge < -0.3 is 29.8 Å². The molecular formula is C28H36N4O5. The molecule has 0 radical (unpaired) electrons. The zero-order valence-corrected chi connectivity index (χ0v) is 21.9. The minimum atomic E-state index is -0.828. The number of nitrogens with zero attached hydrogens (tertiary/aromatic N) is 2. The van der Waals surface area contributed by atoms with Crippen molar-refractivity contribution in [2.75, 3.05) is 31.0 Å². The number of carbonyl (C=O) groups excluding carboxylic acids is 2. The first-order valence-electron chi connectivity index (χ1n) is 12.7. The van der Waals surface area contributed by atoms with Crippen LogP contribution in [0.5, 0.6) is 0 Å². The summed E-state index contributed by atoms with van der Waals surface area (Å²) in [6, 6.07) is 11.8. The Bertz CT molecular complexity index is 1240. The molecule has 1 aromatic carbocycles. The van der Waals surface area contributed by atoms with Gasteiger partial charge in [-0.1, -0.05) is 30.3 Å². The van der Waals surface area contributed by atoms with E-state index in [9.17, 15) is 14.7 Å². The summed E-state index contributed by atoms with van der Waals surface area (Å²) < 4.78 is 12.4. The maximum Gasteiger partial charge on any atom is 0.356 e. The van der Waals surface area contributed by atoms with E-state index in [1.54, 1.807) is 20.0 Å². The first kappa shape index (κ1) is 26.6. The minimum absolute atomic E-state index is 0.0341. The van der Waals surface area contributed by atoms with Gasteiger partial charge in [-0.2, -0.15) is 0 Å². The number of rotatable bonds is 10. The number of carbonyl (C=O) groups is 2. The third-order valence-electron chi connectivity index (χ3n) is 6.51. The van der Waals surface area contributed by atoms with Crippen LogP contribution in [0, 0.1) is 5.92 Å². The van der Waals surface area contributed by atoms with Gasteiger partial charge in [0.1, 0.15) is 5.65 Å². The predicted molar refractivity (Wildman–Crippen MR) is 143 cm³/mol. The van der Waals surface area contributed by atoms with Crippen molar-refractivity contribution in [3.8, 4) is 0 Å². The van der Waals surface area contributed by atoms with Crippen LogP contribution in [-0.2, 0) is 27.2 Å². The Morgan fingerprint density at radius 2 is 2.05 bits per heavy atom. The number of amides is 1. The van der Waals surface area contributed by atoms with E-state index < -0.39 is 11.6 Å². The second kappa shape index (κ2) is 11.3. The average Bonchev–Trinajstić information content (AvgIpc) is 3.49. The van der Waals surface area contributed by atoms with Gasteiger partial charge >= 0.3 is 5.97 Å². The van der Waals surface area contributed by atoms with E-state index in [1.165, 1.54) is 7.11 Å². The zero-order valence-electron chi connectivity index (χ0n) is 21.9. The molecule has 0 spiro atoms. The Kier molecular flexibility index (Phi) is 8.14. The quantitative estimate of drug-likeness (QED) is 0.355. The molecule has 2 atom stereocenters. The summed E-state index contributed by atoms with van der Waals surface area (Å²) in [5.41, 5.74) is 2.24. The van der Waals surface area contributed by atoms with Crippen LogP contribution < -0.4 is 10.6 Å². The number of hydrogen-bond donors (Lipinski definition) is 3. The fraction of sp³-hybridized carbons (Fsp3) is 0.464. The van der Waals surface area contributed by atoms with Gasteiger partial charge in [0.25, 0.3) is 0 Å². The van der Waals surface area contributed by atoms with E-state index in [4.69, 9.17) is 14.5 Å². The third-order valence-corrected chi connectivity index (χ3v) is 6.51. The number of aryl methyl sites for hydroxylation is 2. The molecule has 0 aliphatic carbocycles. The molecule has 0 bridgehead atoms. The number of anilines is 2. The molecular weight excluding hydrogens is 472 g/mol. The fourth-order valence-corrected chi connectivity index (χ4v) is 4.89. The largest absolute Gasteiger partial charge is 0.464 e. The first-order chi connectivity index (χ1) is 17.7. The molecule has 37 heavy (non-hydrogen) atoms. The SMILES string of the molecule is COC(=O)c1c(NC(=O)[C@@H]2CCOC2)c2cc(N[C@H](C)CC(C)(C)O)cnc2n1CCc1ccccc1. The second-order valence-electron chi connectivity index (χ2n) is 10.3. The number of nitrogens with one attached hydrogen (secondary N) is 2. The summed E-state index contributed by atoms with van der Waals surface area (Å²) in [7, 11) is 1.33. The number of hydrogen-bond acceptors (Lipinski definition) is 7. The highest BCUT2D eigenvalue weighted by Crippen LogP contribution is 2.34. The molecule has 1 fully saturated rings. The lowest BCUT2D eigenvalue weighted by molar-refractivity contribution is -0.119. The molecule has 9 heteroatoms. The van der Waals surface area contributed by atoms with Crippen LogP contribution in [0.4, 0.5) is 11.4 Å². The molecule has 198 valence electrons. The third kappa shape index (κ3) is 6.47. The molecule has 3 N–H and O–H groups in total. The van der Waals surface area contributed by atoms with Crippen molar-refractivity contribution in [3.05, 3.63) is 53.9 Å². The summed E-state index contributed by atoms with van der Waals surface area (Å²) in [5.74, 6) is -1.03. The lowest BCUT2D eigenvalue weighted by Crippen LogP contribution is -2.29. The molecule has 1 aliphatic rings. The molecule has 0 saturated carbocycles. The number of ether oxygens (including phenoxy) is 2. The molecule has 1 saturated heterocycles. The Labute approximate surface area is 217 Å². The second-order valence-corrected chi connectivity index (χ2v) is 10.3. The van der Waals surface area contributed by atoms with Crippen LogP contribution in [0.3, 0.4) is 0 Å². The zero-order chi connectivity index (χ0) is 26.6. The van der Waals surface area contributed by atoms with E-state index in [0.29, 0.717) is 55.7 Å². The fourth-order valence-electron chi connectivity index (χ4n) is 4.89. The average molecular weight is 509 g/mol. The normalized spacial score (nSPS) is 16.5. The van der Waals surface area contributed by atoms with Crippen LogP contribution in [0.25, 0.3) is 11.0 Å². The molecule has 0 unspecified atom stereocenters. The monoisotopic (exact) mass is 508 g/mol. The van der Waals surface area contributed by atoms with Gasteiger partial charge in [-0.3, -0.25) is 4.79 Å². The molecule has 4 rings (SSSR count). The highest BCUT2D eigenvalue weighted by Gasteiger charge is 2.30. The minimum Gasteiger partial charge on any atom is -0.464 e. The van der Waals surface area contributed by atoms with Crippen LogP contribution in [0.2, 0.25) is 0 Å². The molecule has 1 aliphatic heterocycles. The molecule has 3 heterocycles. The molecule has 9 nitrogen and oxygen atoms in total. The van der Waals surface area contributed by atoms with E-state index >= 15 is 0 Å². The lowest BCUT2D eigenvalue weighted by atomic mass is 10.0. The summed E-state index contributed by atoms with van der Waals surface area (Å²) in [6.45, 7) is 6.88. The molecule has 1 amide bonds. The number of aliphatic hydroxyl groups is 1. The Morgan fingerprint density at radius 1 is 1.30 bits per heavy atom. The maximum absolute atomic E-state index is 13.1. The van der Waals surface area contributed by atoms with Crippen molar-refractivity contribution in [1.29, 1.82) is 0 Å². The van der Waals surface area contributed by atoms with Gasteiger partial charge in [-0.15, -0.1) is 0 Å².